The van der Waals surface area contributed by atoms with Crippen molar-refractivity contribution in [3.05, 3.63) is 77.5 Å². The Morgan fingerprint density at radius 3 is 2.27 bits per heavy atom. The number of hydrogen-bond acceptors (Lipinski definition) is 7. The van der Waals surface area contributed by atoms with E-state index in [1.807, 2.05) is 30.3 Å². The molecule has 0 spiro atoms. The molecule has 41 heavy (non-hydrogen) atoms. The molecule has 2 amide bonds. The van der Waals surface area contributed by atoms with Gasteiger partial charge in [-0.1, -0.05) is 30.3 Å². The lowest BCUT2D eigenvalue weighted by Gasteiger charge is -2.33. The lowest BCUT2D eigenvalue weighted by atomic mass is 9.93. The van der Waals surface area contributed by atoms with E-state index in [0.717, 1.165) is 16.7 Å². The monoisotopic (exact) mass is 565 g/mol. The lowest BCUT2D eigenvalue weighted by molar-refractivity contribution is 0.0204. The third-order valence-electron chi connectivity index (χ3n) is 6.26. The van der Waals surface area contributed by atoms with Gasteiger partial charge in [-0.05, 0) is 65.7 Å². The molecule has 3 heterocycles. The van der Waals surface area contributed by atoms with Crippen molar-refractivity contribution in [2.75, 3.05) is 13.2 Å². The van der Waals surface area contributed by atoms with Crippen molar-refractivity contribution in [3.63, 3.8) is 0 Å². The van der Waals surface area contributed by atoms with Gasteiger partial charge in [0.15, 0.2) is 5.82 Å². The number of hydrogen-bond donors (Lipinski definition) is 0. The molecule has 3 aromatic rings. The summed E-state index contributed by atoms with van der Waals surface area (Å²) in [6.07, 6.45) is 1.22. The fourth-order valence-corrected chi connectivity index (χ4v) is 4.61. The van der Waals surface area contributed by atoms with Crippen molar-refractivity contribution in [2.24, 2.45) is 0 Å². The van der Waals surface area contributed by atoms with Gasteiger partial charge in [0.05, 0.1) is 24.1 Å². The van der Waals surface area contributed by atoms with Gasteiger partial charge >= 0.3 is 12.2 Å². The number of carbonyl (C=O) groups excluding carboxylic acids is 3. The molecule has 0 aliphatic carbocycles. The number of imide groups is 1. The normalized spacial score (nSPS) is 15.4. The first-order valence-corrected chi connectivity index (χ1v) is 13.5. The van der Waals surface area contributed by atoms with Crippen molar-refractivity contribution in [1.29, 1.82) is 0 Å². The maximum absolute atomic E-state index is 15.0. The minimum Gasteiger partial charge on any atom is -0.443 e. The van der Waals surface area contributed by atoms with E-state index in [4.69, 9.17) is 14.2 Å². The third kappa shape index (κ3) is 7.18. The van der Waals surface area contributed by atoms with Gasteiger partial charge < -0.3 is 14.2 Å². The first-order valence-electron chi connectivity index (χ1n) is 13.5. The number of nitrogens with zero attached hydrogens (tertiary/aromatic N) is 3. The van der Waals surface area contributed by atoms with Gasteiger partial charge in [-0.2, -0.15) is 0 Å². The molecule has 1 aromatic carbocycles. The topological polar surface area (TPSA) is 100.0 Å². The summed E-state index contributed by atoms with van der Waals surface area (Å²) in [5.41, 5.74) is -0.0900. The molecular formula is C31H36FN3O6. The Morgan fingerprint density at radius 1 is 0.976 bits per heavy atom. The number of halogens is 1. The standard InChI is InChI=1S/C31H36FN3O6/c1-30(2,3)40-28(37)34-18-21(13-15-39-19-20-10-8-7-9-11-20)26-23(27(34)36)16-25(22-12-14-33-17-24(22)32)35(26)29(38)41-31(4,5)6/h7-12,14,16-17,21H,13,15,18-19H2,1-6H3. The second kappa shape index (κ2) is 11.8. The van der Waals surface area contributed by atoms with Crippen molar-refractivity contribution in [3.8, 4) is 11.3 Å². The van der Waals surface area contributed by atoms with Crippen LogP contribution in [0.15, 0.2) is 54.9 Å². The summed E-state index contributed by atoms with van der Waals surface area (Å²) in [4.78, 5) is 45.3. The van der Waals surface area contributed by atoms with Crippen LogP contribution < -0.4 is 0 Å². The molecule has 1 aliphatic heterocycles. The Hall–Kier alpha value is -4.05. The quantitative estimate of drug-likeness (QED) is 0.312. The van der Waals surface area contributed by atoms with E-state index in [-0.39, 0.29) is 30.0 Å². The van der Waals surface area contributed by atoms with Gasteiger partial charge in [-0.3, -0.25) is 9.78 Å². The summed E-state index contributed by atoms with van der Waals surface area (Å²) in [6, 6.07) is 12.5. The number of amides is 2. The number of aromatic nitrogens is 2. The van der Waals surface area contributed by atoms with Gasteiger partial charge in [-0.15, -0.1) is 0 Å². The summed E-state index contributed by atoms with van der Waals surface area (Å²) in [5, 5.41) is 0. The maximum Gasteiger partial charge on any atom is 0.419 e. The summed E-state index contributed by atoms with van der Waals surface area (Å²) >= 11 is 0. The highest BCUT2D eigenvalue weighted by Gasteiger charge is 2.42. The van der Waals surface area contributed by atoms with Crippen LogP contribution in [0, 0.1) is 5.82 Å². The summed E-state index contributed by atoms with van der Waals surface area (Å²) in [5.74, 6) is -1.85. The van der Waals surface area contributed by atoms with Crippen LogP contribution in [0.25, 0.3) is 11.3 Å². The van der Waals surface area contributed by atoms with Crippen molar-refractivity contribution in [2.45, 2.75) is 71.7 Å². The molecular weight excluding hydrogens is 529 g/mol. The molecule has 9 nitrogen and oxygen atoms in total. The van der Waals surface area contributed by atoms with Crippen LogP contribution in [0.3, 0.4) is 0 Å². The molecule has 1 unspecified atom stereocenters. The van der Waals surface area contributed by atoms with Crippen molar-refractivity contribution in [1.82, 2.24) is 14.5 Å². The maximum atomic E-state index is 15.0. The summed E-state index contributed by atoms with van der Waals surface area (Å²) in [6.45, 7) is 10.9. The van der Waals surface area contributed by atoms with Gasteiger partial charge in [0, 0.05) is 36.5 Å². The van der Waals surface area contributed by atoms with Crippen LogP contribution in [-0.4, -0.2) is 56.9 Å². The van der Waals surface area contributed by atoms with Gasteiger partial charge in [-0.25, -0.2) is 23.4 Å². The number of ether oxygens (including phenoxy) is 3. The predicted octanol–water partition coefficient (Wildman–Crippen LogP) is 6.55. The Bertz CT molecular complexity index is 1420. The Morgan fingerprint density at radius 2 is 1.63 bits per heavy atom. The summed E-state index contributed by atoms with van der Waals surface area (Å²) < 4.78 is 33.4. The van der Waals surface area contributed by atoms with Crippen LogP contribution in [0.2, 0.25) is 0 Å². The van der Waals surface area contributed by atoms with Crippen LogP contribution in [0.5, 0.6) is 0 Å². The molecule has 0 saturated carbocycles. The Labute approximate surface area is 239 Å². The molecule has 2 aromatic heterocycles. The highest BCUT2D eigenvalue weighted by atomic mass is 19.1. The molecule has 0 radical (unpaired) electrons. The molecule has 1 aliphatic rings. The van der Waals surface area contributed by atoms with E-state index in [0.29, 0.717) is 18.7 Å². The number of benzene rings is 1. The zero-order valence-electron chi connectivity index (χ0n) is 24.3. The molecule has 0 bridgehead atoms. The first kappa shape index (κ1) is 29.9. The molecule has 1 atom stereocenters. The Kier molecular flexibility index (Phi) is 8.63. The van der Waals surface area contributed by atoms with Crippen LogP contribution >= 0.6 is 0 Å². The van der Waals surface area contributed by atoms with Crippen LogP contribution in [0.4, 0.5) is 14.0 Å². The molecule has 0 N–H and O–H groups in total. The first-order chi connectivity index (χ1) is 19.2. The fourth-order valence-electron chi connectivity index (χ4n) is 4.61. The zero-order chi connectivity index (χ0) is 29.9. The second-order valence-corrected chi connectivity index (χ2v) is 11.9. The molecule has 0 fully saturated rings. The number of pyridine rings is 1. The number of rotatable bonds is 6. The lowest BCUT2D eigenvalue weighted by Crippen LogP contribution is -2.47. The van der Waals surface area contributed by atoms with E-state index < -0.39 is 41.0 Å². The summed E-state index contributed by atoms with van der Waals surface area (Å²) in [7, 11) is 0. The van der Waals surface area contributed by atoms with E-state index in [1.165, 1.54) is 22.9 Å². The van der Waals surface area contributed by atoms with E-state index in [9.17, 15) is 18.8 Å². The van der Waals surface area contributed by atoms with E-state index in [1.54, 1.807) is 41.5 Å². The predicted molar refractivity (Wildman–Crippen MR) is 150 cm³/mol. The van der Waals surface area contributed by atoms with Crippen LogP contribution in [0.1, 0.15) is 75.5 Å². The fraction of sp³-hybridized carbons (Fsp3) is 0.419. The highest BCUT2D eigenvalue weighted by Crippen LogP contribution is 2.38. The number of carbonyl (C=O) groups is 3. The highest BCUT2D eigenvalue weighted by molar-refractivity contribution is 6.07. The van der Waals surface area contributed by atoms with Crippen molar-refractivity contribution < 1.29 is 33.0 Å². The Balaban J connectivity index is 1.78. The number of fused-ring (bicyclic) bond motifs is 1. The average Bonchev–Trinajstić information content (AvgIpc) is 3.28. The molecule has 0 saturated heterocycles. The molecule has 10 heteroatoms. The molecule has 4 rings (SSSR count). The van der Waals surface area contributed by atoms with Gasteiger partial charge in [0.25, 0.3) is 5.91 Å². The zero-order valence-corrected chi connectivity index (χ0v) is 24.3. The van der Waals surface area contributed by atoms with Crippen LogP contribution in [-0.2, 0) is 20.8 Å². The largest absolute Gasteiger partial charge is 0.443 e. The minimum atomic E-state index is -0.863. The van der Waals surface area contributed by atoms with Crippen molar-refractivity contribution >= 4 is 18.1 Å². The van der Waals surface area contributed by atoms with E-state index in [2.05, 4.69) is 4.98 Å². The molecule has 218 valence electrons. The average molecular weight is 566 g/mol. The SMILES string of the molecule is CC(C)(C)OC(=O)N1CC(CCOCc2ccccc2)c2c(cc(-c3ccncc3F)n2C(=O)OC(C)(C)C)C1=O. The third-order valence-corrected chi connectivity index (χ3v) is 6.26. The minimum absolute atomic E-state index is 0.0550. The van der Waals surface area contributed by atoms with E-state index >= 15 is 0 Å². The van der Waals surface area contributed by atoms with Gasteiger partial charge in [0.2, 0.25) is 0 Å². The smallest absolute Gasteiger partial charge is 0.419 e. The second-order valence-electron chi connectivity index (χ2n) is 11.9. The van der Waals surface area contributed by atoms with Gasteiger partial charge in [0.1, 0.15) is 11.2 Å².